The molecule has 2 nitrogen and oxygen atoms in total. The monoisotopic (exact) mass is 232 g/mol. The van der Waals surface area contributed by atoms with E-state index in [-0.39, 0.29) is 0 Å². The molecule has 0 amide bonds. The average Bonchev–Trinajstić information content (AvgIpc) is 2.37. The third-order valence-electron chi connectivity index (χ3n) is 3.06. The van der Waals surface area contributed by atoms with Gasteiger partial charge in [-0.1, -0.05) is 26.0 Å². The van der Waals surface area contributed by atoms with Crippen molar-refractivity contribution < 1.29 is 0 Å². The lowest BCUT2D eigenvalue weighted by molar-refractivity contribution is 0.486. The molecule has 0 aliphatic rings. The summed E-state index contributed by atoms with van der Waals surface area (Å²) in [5.41, 5.74) is 2.70. The second-order valence-electron chi connectivity index (χ2n) is 4.46. The first-order chi connectivity index (χ1) is 8.26. The quantitative estimate of drug-likeness (QED) is 0.695. The van der Waals surface area contributed by atoms with Gasteiger partial charge in [-0.2, -0.15) is 0 Å². The van der Waals surface area contributed by atoms with Gasteiger partial charge in [-0.05, 0) is 49.9 Å². The van der Waals surface area contributed by atoms with E-state index in [1.165, 1.54) is 11.1 Å². The Balaban J connectivity index is 2.41. The van der Waals surface area contributed by atoms with Gasteiger partial charge in [-0.25, -0.2) is 0 Å². The van der Waals surface area contributed by atoms with Crippen molar-refractivity contribution in [2.45, 2.75) is 45.6 Å². The zero-order valence-corrected chi connectivity index (χ0v) is 11.1. The predicted octanol–water partition coefficient (Wildman–Crippen LogP) is 3.35. The zero-order valence-electron chi connectivity index (χ0n) is 11.1. The molecule has 1 unspecified atom stereocenters. The van der Waals surface area contributed by atoms with E-state index < -0.39 is 0 Å². The molecule has 1 aromatic rings. The van der Waals surface area contributed by atoms with E-state index in [1.54, 1.807) is 0 Å². The molecule has 0 aliphatic carbocycles. The Morgan fingerprint density at radius 2 is 2.06 bits per heavy atom. The van der Waals surface area contributed by atoms with Gasteiger partial charge in [-0.3, -0.25) is 4.98 Å². The minimum Gasteiger partial charge on any atom is -0.314 e. The van der Waals surface area contributed by atoms with Gasteiger partial charge in [0.1, 0.15) is 0 Å². The van der Waals surface area contributed by atoms with Crippen molar-refractivity contribution in [2.24, 2.45) is 0 Å². The number of hydrogen-bond donors (Lipinski definition) is 1. The molecular formula is C15H24N2. The van der Waals surface area contributed by atoms with Crippen LogP contribution in [0.3, 0.4) is 0 Å². The topological polar surface area (TPSA) is 24.9 Å². The first-order valence-electron chi connectivity index (χ1n) is 6.55. The summed E-state index contributed by atoms with van der Waals surface area (Å²) in [5, 5.41) is 3.54. The summed E-state index contributed by atoms with van der Waals surface area (Å²) >= 11 is 0. The molecule has 1 atom stereocenters. The van der Waals surface area contributed by atoms with Gasteiger partial charge in [0.05, 0.1) is 0 Å². The lowest BCUT2D eigenvalue weighted by Gasteiger charge is -2.18. The summed E-state index contributed by atoms with van der Waals surface area (Å²) in [7, 11) is 0. The van der Waals surface area contributed by atoms with Crippen LogP contribution >= 0.6 is 0 Å². The number of hydrogen-bond acceptors (Lipinski definition) is 2. The third kappa shape index (κ3) is 5.64. The summed E-state index contributed by atoms with van der Waals surface area (Å²) in [6, 6.07) is 4.75. The summed E-state index contributed by atoms with van der Waals surface area (Å²) in [6.07, 6.45) is 8.17. The van der Waals surface area contributed by atoms with Gasteiger partial charge >= 0.3 is 0 Å². The molecule has 0 aromatic carbocycles. The minimum atomic E-state index is 0.556. The highest BCUT2D eigenvalue weighted by atomic mass is 14.9. The molecular weight excluding hydrogens is 208 g/mol. The van der Waals surface area contributed by atoms with E-state index in [2.05, 4.69) is 42.9 Å². The SMILES string of the molecule is C=C(CC)CC(CCc1ccncc1)NCC. The van der Waals surface area contributed by atoms with Crippen molar-refractivity contribution >= 4 is 0 Å². The summed E-state index contributed by atoms with van der Waals surface area (Å²) < 4.78 is 0. The molecule has 1 N–H and O–H groups in total. The molecule has 0 bridgehead atoms. The fourth-order valence-corrected chi connectivity index (χ4v) is 1.95. The van der Waals surface area contributed by atoms with Gasteiger partial charge in [0.2, 0.25) is 0 Å². The highest BCUT2D eigenvalue weighted by molar-refractivity contribution is 5.10. The minimum absolute atomic E-state index is 0.556. The van der Waals surface area contributed by atoms with E-state index in [1.807, 2.05) is 12.4 Å². The van der Waals surface area contributed by atoms with Crippen LogP contribution in [0.1, 0.15) is 38.7 Å². The first kappa shape index (κ1) is 13.9. The van der Waals surface area contributed by atoms with Crippen LogP contribution in [-0.4, -0.2) is 17.6 Å². The van der Waals surface area contributed by atoms with Crippen molar-refractivity contribution in [1.29, 1.82) is 0 Å². The maximum absolute atomic E-state index is 4.10. The summed E-state index contributed by atoms with van der Waals surface area (Å²) in [6.45, 7) is 9.46. The molecule has 0 radical (unpaired) electrons. The largest absolute Gasteiger partial charge is 0.314 e. The van der Waals surface area contributed by atoms with Crippen LogP contribution in [0, 0.1) is 0 Å². The molecule has 0 saturated carbocycles. The number of aryl methyl sites for hydroxylation is 1. The van der Waals surface area contributed by atoms with Crippen LogP contribution < -0.4 is 5.32 Å². The van der Waals surface area contributed by atoms with Crippen LogP contribution in [0.2, 0.25) is 0 Å². The van der Waals surface area contributed by atoms with Crippen LogP contribution in [0.5, 0.6) is 0 Å². The zero-order chi connectivity index (χ0) is 12.5. The number of nitrogens with zero attached hydrogens (tertiary/aromatic N) is 1. The highest BCUT2D eigenvalue weighted by Gasteiger charge is 2.08. The Kier molecular flexibility index (Phi) is 6.56. The van der Waals surface area contributed by atoms with E-state index in [0.717, 1.165) is 32.2 Å². The van der Waals surface area contributed by atoms with Gasteiger partial charge in [0.25, 0.3) is 0 Å². The molecule has 0 fully saturated rings. The normalized spacial score (nSPS) is 12.4. The molecule has 2 heteroatoms. The first-order valence-corrected chi connectivity index (χ1v) is 6.55. The fourth-order valence-electron chi connectivity index (χ4n) is 1.95. The van der Waals surface area contributed by atoms with Crippen LogP contribution in [0.15, 0.2) is 36.7 Å². The van der Waals surface area contributed by atoms with Gasteiger partial charge in [0, 0.05) is 18.4 Å². The second kappa shape index (κ2) is 8.02. The van der Waals surface area contributed by atoms with Crippen molar-refractivity contribution in [1.82, 2.24) is 10.3 Å². The van der Waals surface area contributed by atoms with Gasteiger partial charge in [-0.15, -0.1) is 0 Å². The van der Waals surface area contributed by atoms with E-state index >= 15 is 0 Å². The molecule has 94 valence electrons. The third-order valence-corrected chi connectivity index (χ3v) is 3.06. The number of pyridine rings is 1. The van der Waals surface area contributed by atoms with Crippen molar-refractivity contribution in [3.63, 3.8) is 0 Å². The Labute approximate surface area is 105 Å². The molecule has 1 heterocycles. The van der Waals surface area contributed by atoms with Crippen molar-refractivity contribution in [3.8, 4) is 0 Å². The molecule has 0 aliphatic heterocycles. The number of aromatic nitrogens is 1. The summed E-state index contributed by atoms with van der Waals surface area (Å²) in [5.74, 6) is 0. The Morgan fingerprint density at radius 3 is 2.65 bits per heavy atom. The maximum atomic E-state index is 4.10. The summed E-state index contributed by atoms with van der Waals surface area (Å²) in [4.78, 5) is 4.04. The predicted molar refractivity (Wildman–Crippen MR) is 74.1 cm³/mol. The van der Waals surface area contributed by atoms with E-state index in [0.29, 0.717) is 6.04 Å². The molecule has 1 rings (SSSR count). The maximum Gasteiger partial charge on any atom is 0.0270 e. The fraction of sp³-hybridized carbons (Fsp3) is 0.533. The van der Waals surface area contributed by atoms with Crippen LogP contribution in [-0.2, 0) is 6.42 Å². The Hall–Kier alpha value is -1.15. The highest BCUT2D eigenvalue weighted by Crippen LogP contribution is 2.12. The van der Waals surface area contributed by atoms with Crippen molar-refractivity contribution in [3.05, 3.63) is 42.2 Å². The molecule has 0 saturated heterocycles. The molecule has 17 heavy (non-hydrogen) atoms. The smallest absolute Gasteiger partial charge is 0.0270 e. The standard InChI is InChI=1S/C15H24N2/c1-4-13(3)12-15(17-5-2)7-6-14-8-10-16-11-9-14/h8-11,15,17H,3-7,12H2,1-2H3. The second-order valence-corrected chi connectivity index (χ2v) is 4.46. The van der Waals surface area contributed by atoms with E-state index in [4.69, 9.17) is 0 Å². The van der Waals surface area contributed by atoms with Crippen LogP contribution in [0.25, 0.3) is 0 Å². The van der Waals surface area contributed by atoms with Crippen molar-refractivity contribution in [2.75, 3.05) is 6.54 Å². The molecule has 1 aromatic heterocycles. The molecule has 0 spiro atoms. The lowest BCUT2D eigenvalue weighted by atomic mass is 9.99. The van der Waals surface area contributed by atoms with Gasteiger partial charge < -0.3 is 5.32 Å². The Bertz CT molecular complexity index is 319. The number of rotatable bonds is 8. The Morgan fingerprint density at radius 1 is 1.35 bits per heavy atom. The van der Waals surface area contributed by atoms with E-state index in [9.17, 15) is 0 Å². The lowest BCUT2D eigenvalue weighted by Crippen LogP contribution is -2.29. The average molecular weight is 232 g/mol. The van der Waals surface area contributed by atoms with Crippen LogP contribution in [0.4, 0.5) is 0 Å². The van der Waals surface area contributed by atoms with Gasteiger partial charge in [0.15, 0.2) is 0 Å². The number of nitrogens with one attached hydrogen (secondary N) is 1.